The molecule has 1 aromatic carbocycles. The smallest absolute Gasteiger partial charge is 0.274 e. The van der Waals surface area contributed by atoms with Crippen LogP contribution in [-0.2, 0) is 6.54 Å². The second-order valence-electron chi connectivity index (χ2n) is 5.57. The van der Waals surface area contributed by atoms with Crippen LogP contribution in [0.3, 0.4) is 0 Å². The van der Waals surface area contributed by atoms with Crippen molar-refractivity contribution in [2.45, 2.75) is 20.4 Å². The average molecular weight is 321 g/mol. The van der Waals surface area contributed by atoms with Gasteiger partial charge in [-0.1, -0.05) is 12.1 Å². The molecule has 0 atom stereocenters. The van der Waals surface area contributed by atoms with Crippen molar-refractivity contribution in [3.05, 3.63) is 77.5 Å². The number of carbonyl (C=O) groups excluding carboxylic acids is 1. The fourth-order valence-corrected chi connectivity index (χ4v) is 2.31. The highest BCUT2D eigenvalue weighted by atomic mass is 16.3. The second-order valence-corrected chi connectivity index (χ2v) is 5.57. The highest BCUT2D eigenvalue weighted by molar-refractivity contribution is 6.03. The molecule has 0 aliphatic carbocycles. The molecule has 2 heterocycles. The summed E-state index contributed by atoms with van der Waals surface area (Å²) in [6.07, 6.45) is 3.27. The summed E-state index contributed by atoms with van der Waals surface area (Å²) in [4.78, 5) is 16.5. The predicted octanol–water partition coefficient (Wildman–Crippen LogP) is 4.16. The zero-order valence-electron chi connectivity index (χ0n) is 13.7. The number of nitrogens with one attached hydrogen (secondary N) is 2. The van der Waals surface area contributed by atoms with Crippen molar-refractivity contribution in [2.24, 2.45) is 0 Å². The first kappa shape index (κ1) is 15.8. The van der Waals surface area contributed by atoms with Crippen LogP contribution in [0.1, 0.15) is 27.4 Å². The van der Waals surface area contributed by atoms with Crippen LogP contribution in [0, 0.1) is 13.8 Å². The van der Waals surface area contributed by atoms with Gasteiger partial charge in [0.25, 0.3) is 5.91 Å². The summed E-state index contributed by atoms with van der Waals surface area (Å²) in [5.74, 6) is 0.619. The molecule has 2 N–H and O–H groups in total. The minimum atomic E-state index is -0.221. The highest BCUT2D eigenvalue weighted by Gasteiger charge is 2.10. The van der Waals surface area contributed by atoms with E-state index in [0.717, 1.165) is 28.3 Å². The molecule has 0 radical (unpaired) electrons. The maximum atomic E-state index is 12.3. The van der Waals surface area contributed by atoms with E-state index < -0.39 is 0 Å². The lowest BCUT2D eigenvalue weighted by molar-refractivity contribution is 0.102. The van der Waals surface area contributed by atoms with Gasteiger partial charge >= 0.3 is 0 Å². The van der Waals surface area contributed by atoms with Crippen molar-refractivity contribution in [1.29, 1.82) is 0 Å². The molecule has 0 unspecified atom stereocenters. The van der Waals surface area contributed by atoms with E-state index in [4.69, 9.17) is 4.42 Å². The fraction of sp³-hybridized carbons (Fsp3) is 0.158. The summed E-state index contributed by atoms with van der Waals surface area (Å²) < 4.78 is 5.26. The second kappa shape index (κ2) is 7.00. The number of aromatic nitrogens is 1. The van der Waals surface area contributed by atoms with Gasteiger partial charge in [0.1, 0.15) is 11.5 Å². The van der Waals surface area contributed by atoms with E-state index in [1.165, 1.54) is 0 Å². The fourth-order valence-electron chi connectivity index (χ4n) is 2.31. The maximum absolute atomic E-state index is 12.3. The monoisotopic (exact) mass is 321 g/mol. The van der Waals surface area contributed by atoms with Gasteiger partial charge in [0.05, 0.1) is 24.7 Å². The summed E-state index contributed by atoms with van der Waals surface area (Å²) in [6, 6.07) is 13.1. The Kier molecular flexibility index (Phi) is 4.61. The van der Waals surface area contributed by atoms with Gasteiger partial charge in [-0.05, 0) is 55.3 Å². The first-order chi connectivity index (χ1) is 11.6. The van der Waals surface area contributed by atoms with Crippen LogP contribution < -0.4 is 10.6 Å². The van der Waals surface area contributed by atoms with E-state index in [1.807, 2.05) is 50.2 Å². The van der Waals surface area contributed by atoms with Crippen molar-refractivity contribution in [3.63, 3.8) is 0 Å². The lowest BCUT2D eigenvalue weighted by atomic mass is 10.1. The van der Waals surface area contributed by atoms with Gasteiger partial charge in [0.2, 0.25) is 0 Å². The first-order valence-corrected chi connectivity index (χ1v) is 7.73. The Balaban J connectivity index is 1.64. The molecule has 24 heavy (non-hydrogen) atoms. The molecule has 0 saturated carbocycles. The van der Waals surface area contributed by atoms with Crippen molar-refractivity contribution >= 4 is 17.3 Å². The van der Waals surface area contributed by atoms with Crippen LogP contribution in [0.25, 0.3) is 0 Å². The van der Waals surface area contributed by atoms with Gasteiger partial charge in [0, 0.05) is 5.69 Å². The molecule has 0 bridgehead atoms. The predicted molar refractivity (Wildman–Crippen MR) is 94.1 cm³/mol. The van der Waals surface area contributed by atoms with Crippen LogP contribution in [0.4, 0.5) is 11.4 Å². The summed E-state index contributed by atoms with van der Waals surface area (Å²) >= 11 is 0. The molecular formula is C19H19N3O2. The Morgan fingerprint density at radius 2 is 2.00 bits per heavy atom. The Hall–Kier alpha value is -3.08. The third-order valence-electron chi connectivity index (χ3n) is 3.90. The number of hydrogen-bond donors (Lipinski definition) is 2. The van der Waals surface area contributed by atoms with E-state index in [9.17, 15) is 4.79 Å². The Morgan fingerprint density at radius 1 is 1.12 bits per heavy atom. The maximum Gasteiger partial charge on any atom is 0.274 e. The highest BCUT2D eigenvalue weighted by Crippen LogP contribution is 2.19. The molecule has 5 nitrogen and oxygen atoms in total. The summed E-state index contributed by atoms with van der Waals surface area (Å²) in [6.45, 7) is 4.57. The van der Waals surface area contributed by atoms with Gasteiger partial charge in [-0.25, -0.2) is 4.98 Å². The molecule has 2 aromatic heterocycles. The Morgan fingerprint density at radius 3 is 2.71 bits per heavy atom. The van der Waals surface area contributed by atoms with Crippen LogP contribution >= 0.6 is 0 Å². The lowest BCUT2D eigenvalue weighted by Crippen LogP contribution is -2.14. The number of furan rings is 1. The van der Waals surface area contributed by atoms with Gasteiger partial charge < -0.3 is 15.1 Å². The molecule has 0 aliphatic rings. The van der Waals surface area contributed by atoms with Crippen LogP contribution in [0.2, 0.25) is 0 Å². The Bertz CT molecular complexity index is 824. The topological polar surface area (TPSA) is 67.2 Å². The largest absolute Gasteiger partial charge is 0.467 e. The number of aryl methyl sites for hydroxylation is 1. The van der Waals surface area contributed by atoms with E-state index >= 15 is 0 Å². The third kappa shape index (κ3) is 3.63. The minimum absolute atomic E-state index is 0.221. The molecule has 122 valence electrons. The van der Waals surface area contributed by atoms with Gasteiger partial charge in [0.15, 0.2) is 0 Å². The molecule has 0 fully saturated rings. The molecule has 5 heteroatoms. The van der Waals surface area contributed by atoms with E-state index in [1.54, 1.807) is 18.5 Å². The zero-order chi connectivity index (χ0) is 16.9. The third-order valence-corrected chi connectivity index (χ3v) is 3.90. The molecular weight excluding hydrogens is 302 g/mol. The van der Waals surface area contributed by atoms with E-state index in [-0.39, 0.29) is 5.91 Å². The average Bonchev–Trinajstić information content (AvgIpc) is 3.11. The van der Waals surface area contributed by atoms with Crippen LogP contribution in [0.5, 0.6) is 0 Å². The number of hydrogen-bond acceptors (Lipinski definition) is 4. The molecule has 0 aliphatic heterocycles. The van der Waals surface area contributed by atoms with Gasteiger partial charge in [-0.2, -0.15) is 0 Å². The van der Waals surface area contributed by atoms with Crippen LogP contribution in [0.15, 0.2) is 59.3 Å². The van der Waals surface area contributed by atoms with Crippen LogP contribution in [-0.4, -0.2) is 10.9 Å². The number of pyridine rings is 1. The Labute approximate surface area is 140 Å². The SMILES string of the molecule is Cc1cccc(NC(=O)c2ccc(NCc3ccco3)cn2)c1C. The minimum Gasteiger partial charge on any atom is -0.467 e. The normalized spacial score (nSPS) is 10.4. The van der Waals surface area contributed by atoms with E-state index in [0.29, 0.717) is 12.2 Å². The summed E-state index contributed by atoms with van der Waals surface area (Å²) in [7, 11) is 0. The quantitative estimate of drug-likeness (QED) is 0.740. The summed E-state index contributed by atoms with van der Waals surface area (Å²) in [5.41, 5.74) is 4.21. The summed E-state index contributed by atoms with van der Waals surface area (Å²) in [5, 5.41) is 6.10. The number of anilines is 2. The first-order valence-electron chi connectivity index (χ1n) is 7.73. The molecule has 0 saturated heterocycles. The zero-order valence-corrected chi connectivity index (χ0v) is 13.7. The number of amides is 1. The lowest BCUT2D eigenvalue weighted by Gasteiger charge is -2.10. The molecule has 0 spiro atoms. The van der Waals surface area contributed by atoms with Crippen molar-refractivity contribution in [3.8, 4) is 0 Å². The standard InChI is InChI=1S/C19H19N3O2/c1-13-5-3-7-17(14(13)2)22-19(23)18-9-8-15(11-21-18)20-12-16-6-4-10-24-16/h3-11,20H,12H2,1-2H3,(H,22,23). The van der Waals surface area contributed by atoms with Gasteiger partial charge in [-0.3, -0.25) is 4.79 Å². The van der Waals surface area contributed by atoms with Gasteiger partial charge in [-0.15, -0.1) is 0 Å². The molecule has 1 amide bonds. The van der Waals surface area contributed by atoms with Crippen molar-refractivity contribution in [2.75, 3.05) is 10.6 Å². The van der Waals surface area contributed by atoms with Crippen molar-refractivity contribution < 1.29 is 9.21 Å². The number of rotatable bonds is 5. The molecule has 3 rings (SSSR count). The van der Waals surface area contributed by atoms with E-state index in [2.05, 4.69) is 15.6 Å². The van der Waals surface area contributed by atoms with Crippen molar-refractivity contribution in [1.82, 2.24) is 4.98 Å². The number of nitrogens with zero attached hydrogens (tertiary/aromatic N) is 1. The number of benzene rings is 1. The number of carbonyl (C=O) groups is 1. The molecule has 3 aromatic rings.